The second-order valence-corrected chi connectivity index (χ2v) is 8.36. The summed E-state index contributed by atoms with van der Waals surface area (Å²) in [6, 6.07) is 14.6. The number of aliphatic carboxylic acids is 1. The third-order valence-electron chi connectivity index (χ3n) is 4.47. The Morgan fingerprint density at radius 2 is 1.66 bits per heavy atom. The van der Waals surface area contributed by atoms with Crippen molar-refractivity contribution in [2.24, 2.45) is 4.99 Å². The van der Waals surface area contributed by atoms with Gasteiger partial charge in [-0.2, -0.15) is 12.6 Å². The van der Waals surface area contributed by atoms with Crippen molar-refractivity contribution in [3.63, 3.8) is 0 Å². The predicted octanol–water partition coefficient (Wildman–Crippen LogP) is 4.32. The van der Waals surface area contributed by atoms with Gasteiger partial charge in [0.2, 0.25) is 0 Å². The van der Waals surface area contributed by atoms with Gasteiger partial charge in [-0.15, -0.1) is 0 Å². The van der Waals surface area contributed by atoms with Crippen molar-refractivity contribution in [1.29, 1.82) is 0 Å². The highest BCUT2D eigenvalue weighted by Gasteiger charge is 2.19. The molecule has 0 radical (unpaired) electrons. The van der Waals surface area contributed by atoms with E-state index >= 15 is 0 Å². The van der Waals surface area contributed by atoms with Crippen LogP contribution in [0.1, 0.15) is 36.7 Å². The van der Waals surface area contributed by atoms with Crippen molar-refractivity contribution in [2.75, 3.05) is 5.75 Å². The largest absolute Gasteiger partial charge is 0.480 e. The SMILES string of the molecule is CC(C)(C)/N=C\c1ccc2cc3ccc(C(=O)NC(CS)C(=O)O)cc3cc2c1. The van der Waals surface area contributed by atoms with Gasteiger partial charge in [-0.05, 0) is 78.2 Å². The summed E-state index contributed by atoms with van der Waals surface area (Å²) in [6.07, 6.45) is 1.87. The molecule has 5 nitrogen and oxygen atoms in total. The second kappa shape index (κ2) is 8.25. The second-order valence-electron chi connectivity index (χ2n) is 8.00. The number of benzene rings is 3. The van der Waals surface area contributed by atoms with E-state index in [1.165, 1.54) is 0 Å². The first-order chi connectivity index (χ1) is 13.7. The quantitative estimate of drug-likeness (QED) is 0.334. The molecule has 0 aliphatic rings. The molecule has 29 heavy (non-hydrogen) atoms. The van der Waals surface area contributed by atoms with E-state index in [9.17, 15) is 9.59 Å². The molecule has 3 rings (SSSR count). The molecule has 6 heteroatoms. The van der Waals surface area contributed by atoms with Crippen LogP contribution in [0.3, 0.4) is 0 Å². The molecule has 1 unspecified atom stereocenters. The number of hydrogen-bond donors (Lipinski definition) is 3. The maximum absolute atomic E-state index is 12.4. The lowest BCUT2D eigenvalue weighted by Gasteiger charge is -2.12. The average molecular weight is 409 g/mol. The fourth-order valence-corrected chi connectivity index (χ4v) is 3.18. The summed E-state index contributed by atoms with van der Waals surface area (Å²) in [5.41, 5.74) is 1.29. The lowest BCUT2D eigenvalue weighted by atomic mass is 10.00. The minimum Gasteiger partial charge on any atom is -0.480 e. The Kier molecular flexibility index (Phi) is 5.94. The number of thiol groups is 1. The van der Waals surface area contributed by atoms with Crippen molar-refractivity contribution in [3.8, 4) is 0 Å². The van der Waals surface area contributed by atoms with E-state index in [4.69, 9.17) is 5.11 Å². The van der Waals surface area contributed by atoms with Crippen LogP contribution < -0.4 is 5.32 Å². The maximum Gasteiger partial charge on any atom is 0.327 e. The van der Waals surface area contributed by atoms with Gasteiger partial charge in [-0.25, -0.2) is 4.79 Å². The average Bonchev–Trinajstić information content (AvgIpc) is 2.67. The van der Waals surface area contributed by atoms with Crippen molar-refractivity contribution in [2.45, 2.75) is 32.4 Å². The zero-order chi connectivity index (χ0) is 21.2. The molecule has 0 saturated carbocycles. The van der Waals surface area contributed by atoms with Gasteiger partial charge in [0.25, 0.3) is 5.91 Å². The summed E-state index contributed by atoms with van der Waals surface area (Å²) in [5.74, 6) is -1.51. The summed E-state index contributed by atoms with van der Waals surface area (Å²) in [6.45, 7) is 6.15. The van der Waals surface area contributed by atoms with Crippen LogP contribution in [0.15, 0.2) is 53.5 Å². The topological polar surface area (TPSA) is 78.8 Å². The van der Waals surface area contributed by atoms with Crippen molar-refractivity contribution < 1.29 is 14.7 Å². The molecular weight excluding hydrogens is 384 g/mol. The van der Waals surface area contributed by atoms with Crippen molar-refractivity contribution in [3.05, 3.63) is 59.7 Å². The smallest absolute Gasteiger partial charge is 0.327 e. The predicted molar refractivity (Wildman–Crippen MR) is 122 cm³/mol. The van der Waals surface area contributed by atoms with Crippen LogP contribution in [0.2, 0.25) is 0 Å². The zero-order valence-electron chi connectivity index (χ0n) is 16.6. The molecule has 0 fully saturated rings. The maximum atomic E-state index is 12.4. The normalized spacial score (nSPS) is 13.1. The van der Waals surface area contributed by atoms with Gasteiger partial charge in [0, 0.05) is 17.5 Å². The number of nitrogens with zero attached hydrogens (tertiary/aromatic N) is 1. The number of carbonyl (C=O) groups is 2. The minimum absolute atomic E-state index is 0.0260. The lowest BCUT2D eigenvalue weighted by Crippen LogP contribution is -2.42. The van der Waals surface area contributed by atoms with Gasteiger partial charge in [-0.1, -0.05) is 18.2 Å². The van der Waals surface area contributed by atoms with Crippen molar-refractivity contribution in [1.82, 2.24) is 5.32 Å². The van der Waals surface area contributed by atoms with Gasteiger partial charge in [0.05, 0.1) is 5.54 Å². The summed E-state index contributed by atoms with van der Waals surface area (Å²) in [7, 11) is 0. The number of fused-ring (bicyclic) bond motifs is 2. The van der Waals surface area contributed by atoms with Gasteiger partial charge in [0.15, 0.2) is 0 Å². The summed E-state index contributed by atoms with van der Waals surface area (Å²) >= 11 is 3.98. The van der Waals surface area contributed by atoms with Gasteiger partial charge in [-0.3, -0.25) is 9.79 Å². The van der Waals surface area contributed by atoms with E-state index in [2.05, 4.69) is 41.1 Å². The number of rotatable bonds is 5. The highest BCUT2D eigenvalue weighted by Crippen LogP contribution is 2.25. The molecular formula is C23H24N2O3S. The third kappa shape index (κ3) is 5.15. The number of amides is 1. The van der Waals surface area contributed by atoms with Crippen LogP contribution in [-0.2, 0) is 4.79 Å². The van der Waals surface area contributed by atoms with E-state index < -0.39 is 17.9 Å². The monoisotopic (exact) mass is 408 g/mol. The van der Waals surface area contributed by atoms with Crippen LogP contribution in [0.25, 0.3) is 21.5 Å². The molecule has 1 atom stereocenters. The third-order valence-corrected chi connectivity index (χ3v) is 4.83. The number of carboxylic acids is 1. The van der Waals surface area contributed by atoms with Crippen molar-refractivity contribution >= 4 is 52.3 Å². The molecule has 150 valence electrons. The zero-order valence-corrected chi connectivity index (χ0v) is 17.5. The van der Waals surface area contributed by atoms with E-state index in [1.54, 1.807) is 12.1 Å². The number of aliphatic imine (C=N–C) groups is 1. The van der Waals surface area contributed by atoms with E-state index in [1.807, 2.05) is 45.2 Å². The molecule has 0 saturated heterocycles. The molecule has 0 bridgehead atoms. The fraction of sp³-hybridized carbons (Fsp3) is 0.261. The molecule has 0 aliphatic carbocycles. The number of nitrogens with one attached hydrogen (secondary N) is 1. The number of hydrogen-bond acceptors (Lipinski definition) is 4. The summed E-state index contributed by atoms with van der Waals surface area (Å²) in [4.78, 5) is 28.1. The van der Waals surface area contributed by atoms with E-state index in [-0.39, 0.29) is 11.3 Å². The van der Waals surface area contributed by atoms with Crippen LogP contribution in [0.5, 0.6) is 0 Å². The van der Waals surface area contributed by atoms with Gasteiger partial charge < -0.3 is 10.4 Å². The molecule has 0 aliphatic heterocycles. The minimum atomic E-state index is -1.11. The van der Waals surface area contributed by atoms with Crippen LogP contribution in [-0.4, -0.2) is 40.5 Å². The molecule has 1 amide bonds. The highest BCUT2D eigenvalue weighted by atomic mass is 32.1. The number of carbonyl (C=O) groups excluding carboxylic acids is 1. The Balaban J connectivity index is 1.96. The van der Waals surface area contributed by atoms with Crippen LogP contribution >= 0.6 is 12.6 Å². The number of carboxylic acid groups (broad SMARTS) is 1. The van der Waals surface area contributed by atoms with E-state index in [0.29, 0.717) is 5.56 Å². The Morgan fingerprint density at radius 1 is 1.03 bits per heavy atom. The first-order valence-corrected chi connectivity index (χ1v) is 9.97. The Morgan fingerprint density at radius 3 is 2.28 bits per heavy atom. The molecule has 3 aromatic carbocycles. The van der Waals surface area contributed by atoms with Crippen LogP contribution in [0.4, 0.5) is 0 Å². The molecule has 2 N–H and O–H groups in total. The first-order valence-electron chi connectivity index (χ1n) is 9.33. The molecule has 0 aromatic heterocycles. The molecule has 0 spiro atoms. The molecule has 0 heterocycles. The standard InChI is InChI=1S/C23H24N2O3S/c1-23(2,3)24-12-14-4-5-15-9-16-6-7-17(10-19(16)11-18(15)8-14)21(26)25-20(13-29)22(27)28/h4-12,20,29H,13H2,1-3H3,(H,25,26)(H,27,28)/b24-12-. The lowest BCUT2D eigenvalue weighted by molar-refractivity contribution is -0.138. The van der Waals surface area contributed by atoms with Gasteiger partial charge >= 0.3 is 5.97 Å². The van der Waals surface area contributed by atoms with Gasteiger partial charge in [0.1, 0.15) is 6.04 Å². The molecule has 3 aromatic rings. The van der Waals surface area contributed by atoms with E-state index in [0.717, 1.165) is 27.1 Å². The Hall–Kier alpha value is -2.86. The Bertz CT molecular complexity index is 1120. The summed E-state index contributed by atoms with van der Waals surface area (Å²) < 4.78 is 0. The first kappa shape index (κ1) is 20.9. The Labute approximate surface area is 175 Å². The highest BCUT2D eigenvalue weighted by molar-refractivity contribution is 7.80. The summed E-state index contributed by atoms with van der Waals surface area (Å²) in [5, 5.41) is 15.7. The van der Waals surface area contributed by atoms with Crippen LogP contribution in [0, 0.1) is 0 Å². The fourth-order valence-electron chi connectivity index (χ4n) is 2.93.